The molecule has 0 spiro atoms. The van der Waals surface area contributed by atoms with E-state index in [0.717, 1.165) is 22.2 Å². The van der Waals surface area contributed by atoms with Gasteiger partial charge in [-0.1, -0.05) is 17.7 Å². The monoisotopic (exact) mass is 411 g/mol. The second kappa shape index (κ2) is 8.20. The number of pyridine rings is 2. The Morgan fingerprint density at radius 1 is 1.18 bits per heavy atom. The first-order valence-corrected chi connectivity index (χ1v) is 10.1. The summed E-state index contributed by atoms with van der Waals surface area (Å²) in [7, 11) is 1.89. The Hall–Kier alpha value is -2.58. The molecule has 0 saturated heterocycles. The topological polar surface area (TPSA) is 77.8 Å². The van der Waals surface area contributed by atoms with Crippen molar-refractivity contribution in [2.45, 2.75) is 11.4 Å². The summed E-state index contributed by atoms with van der Waals surface area (Å²) >= 11 is 4.80. The number of halogens is 1. The molecule has 28 heavy (non-hydrogen) atoms. The number of nitrogens with one attached hydrogen (secondary N) is 2. The van der Waals surface area contributed by atoms with Crippen LogP contribution in [0.1, 0.15) is 5.56 Å². The van der Waals surface area contributed by atoms with Crippen molar-refractivity contribution < 1.29 is 4.55 Å². The van der Waals surface area contributed by atoms with Crippen LogP contribution in [0.3, 0.4) is 0 Å². The van der Waals surface area contributed by atoms with Crippen LogP contribution in [-0.2, 0) is 17.9 Å². The Morgan fingerprint density at radius 3 is 2.79 bits per heavy atom. The SMILES string of the molecule is CNCc1cn([S+]([O-])c2cccnc2)c2cc(Nc3ncccc3Cl)ccc12. The highest BCUT2D eigenvalue weighted by atomic mass is 35.5. The van der Waals surface area contributed by atoms with E-state index in [2.05, 4.69) is 20.6 Å². The van der Waals surface area contributed by atoms with Gasteiger partial charge in [-0.25, -0.2) is 4.98 Å². The maximum atomic E-state index is 13.2. The van der Waals surface area contributed by atoms with E-state index in [1.54, 1.807) is 40.8 Å². The molecule has 0 radical (unpaired) electrons. The fourth-order valence-corrected chi connectivity index (χ4v) is 4.29. The van der Waals surface area contributed by atoms with Gasteiger partial charge in [0.1, 0.15) is 22.7 Å². The van der Waals surface area contributed by atoms with Gasteiger partial charge in [-0.2, -0.15) is 3.97 Å². The molecule has 1 unspecified atom stereocenters. The number of anilines is 2. The number of fused-ring (bicyclic) bond motifs is 1. The number of benzene rings is 1. The second-order valence-electron chi connectivity index (χ2n) is 6.14. The fourth-order valence-electron chi connectivity index (χ4n) is 2.99. The smallest absolute Gasteiger partial charge is 0.198 e. The quantitative estimate of drug-likeness (QED) is 0.467. The molecular formula is C20H18ClN5OS. The van der Waals surface area contributed by atoms with Crippen molar-refractivity contribution in [1.82, 2.24) is 19.3 Å². The van der Waals surface area contributed by atoms with Gasteiger partial charge in [0.05, 0.1) is 17.4 Å². The first-order valence-electron chi connectivity index (χ1n) is 8.66. The molecule has 4 aromatic rings. The minimum absolute atomic E-state index is 0.535. The van der Waals surface area contributed by atoms with Crippen LogP contribution in [0, 0.1) is 0 Å². The first kappa shape index (κ1) is 18.8. The highest BCUT2D eigenvalue weighted by molar-refractivity contribution is 7.90. The second-order valence-corrected chi connectivity index (χ2v) is 7.91. The van der Waals surface area contributed by atoms with Crippen LogP contribution in [0.4, 0.5) is 11.5 Å². The molecule has 4 rings (SSSR count). The number of aromatic nitrogens is 3. The molecule has 0 amide bonds. The molecule has 0 bridgehead atoms. The lowest BCUT2D eigenvalue weighted by Gasteiger charge is -2.12. The van der Waals surface area contributed by atoms with E-state index < -0.39 is 11.4 Å². The van der Waals surface area contributed by atoms with Crippen molar-refractivity contribution in [3.63, 3.8) is 0 Å². The van der Waals surface area contributed by atoms with E-state index in [-0.39, 0.29) is 0 Å². The van der Waals surface area contributed by atoms with E-state index in [0.29, 0.717) is 22.3 Å². The summed E-state index contributed by atoms with van der Waals surface area (Å²) in [5.74, 6) is 0.574. The molecule has 3 aromatic heterocycles. The summed E-state index contributed by atoms with van der Waals surface area (Å²) in [6.45, 7) is 0.673. The summed E-state index contributed by atoms with van der Waals surface area (Å²) in [5, 5.41) is 7.96. The third kappa shape index (κ3) is 3.70. The zero-order valence-electron chi connectivity index (χ0n) is 15.1. The Balaban J connectivity index is 1.79. The van der Waals surface area contributed by atoms with Crippen molar-refractivity contribution in [2.75, 3.05) is 12.4 Å². The molecule has 0 aliphatic heterocycles. The van der Waals surface area contributed by atoms with E-state index >= 15 is 0 Å². The summed E-state index contributed by atoms with van der Waals surface area (Å²) in [5.41, 5.74) is 2.73. The third-order valence-electron chi connectivity index (χ3n) is 4.26. The molecule has 8 heteroatoms. The number of nitrogens with zero attached hydrogens (tertiary/aromatic N) is 3. The third-order valence-corrected chi connectivity index (χ3v) is 5.87. The molecule has 0 fully saturated rings. The summed E-state index contributed by atoms with van der Waals surface area (Å²) in [6, 6.07) is 13.1. The van der Waals surface area contributed by atoms with Crippen LogP contribution in [0.2, 0.25) is 5.02 Å². The van der Waals surface area contributed by atoms with Gasteiger partial charge in [0.2, 0.25) is 0 Å². The lowest BCUT2D eigenvalue weighted by molar-refractivity contribution is 0.587. The van der Waals surface area contributed by atoms with Gasteiger partial charge >= 0.3 is 0 Å². The summed E-state index contributed by atoms with van der Waals surface area (Å²) < 4.78 is 14.9. The predicted octanol–water partition coefficient (Wildman–Crippen LogP) is 4.12. The van der Waals surface area contributed by atoms with Gasteiger partial charge in [0.25, 0.3) is 0 Å². The normalized spacial score (nSPS) is 12.2. The Bertz CT molecular complexity index is 1100. The van der Waals surface area contributed by atoms with Crippen LogP contribution in [0.5, 0.6) is 0 Å². The Morgan fingerprint density at radius 2 is 2.04 bits per heavy atom. The number of hydrogen-bond acceptors (Lipinski definition) is 5. The van der Waals surface area contributed by atoms with Gasteiger partial charge in [0.15, 0.2) is 4.90 Å². The zero-order chi connectivity index (χ0) is 19.5. The van der Waals surface area contributed by atoms with E-state index in [4.69, 9.17) is 11.6 Å². The molecule has 0 aliphatic carbocycles. The zero-order valence-corrected chi connectivity index (χ0v) is 16.7. The largest absolute Gasteiger partial charge is 0.587 e. The van der Waals surface area contributed by atoms with Crippen molar-refractivity contribution in [1.29, 1.82) is 0 Å². The average Bonchev–Trinajstić information content (AvgIpc) is 3.08. The van der Waals surface area contributed by atoms with E-state index in [9.17, 15) is 4.55 Å². The van der Waals surface area contributed by atoms with Crippen molar-refractivity contribution in [3.05, 3.63) is 77.8 Å². The number of rotatable bonds is 6. The first-order chi connectivity index (χ1) is 13.7. The number of hydrogen-bond donors (Lipinski definition) is 2. The van der Waals surface area contributed by atoms with Crippen LogP contribution in [0.15, 0.2) is 72.1 Å². The highest BCUT2D eigenvalue weighted by Crippen LogP contribution is 2.30. The van der Waals surface area contributed by atoms with Gasteiger partial charge < -0.3 is 15.2 Å². The Labute approximate surface area is 170 Å². The molecule has 6 nitrogen and oxygen atoms in total. The van der Waals surface area contributed by atoms with E-state index in [1.807, 2.05) is 37.5 Å². The summed E-state index contributed by atoms with van der Waals surface area (Å²) in [6.07, 6.45) is 6.88. The van der Waals surface area contributed by atoms with Crippen LogP contribution < -0.4 is 10.6 Å². The lowest BCUT2D eigenvalue weighted by Crippen LogP contribution is -2.12. The molecule has 1 aromatic carbocycles. The molecule has 3 heterocycles. The maximum absolute atomic E-state index is 13.2. The predicted molar refractivity (Wildman–Crippen MR) is 113 cm³/mol. The average molecular weight is 412 g/mol. The van der Waals surface area contributed by atoms with Gasteiger partial charge in [-0.3, -0.25) is 4.98 Å². The summed E-state index contributed by atoms with van der Waals surface area (Å²) in [4.78, 5) is 8.99. The Kier molecular flexibility index (Phi) is 5.50. The minimum atomic E-state index is -1.41. The molecule has 1 atom stereocenters. The standard InChI is InChI=1S/C20H18ClN5OS/c1-22-11-14-13-26(28(27)16-4-2-8-23-12-16)19-10-15(6-7-17(14)19)25-20-18(21)5-3-9-24-20/h2-10,12-13,22H,11H2,1H3,(H,24,25). The van der Waals surface area contributed by atoms with Crippen molar-refractivity contribution in [3.8, 4) is 0 Å². The van der Waals surface area contributed by atoms with E-state index in [1.165, 1.54) is 0 Å². The molecule has 0 aliphatic rings. The molecule has 0 saturated carbocycles. The maximum Gasteiger partial charge on any atom is 0.198 e. The lowest BCUT2D eigenvalue weighted by atomic mass is 10.1. The van der Waals surface area contributed by atoms with Gasteiger partial charge in [-0.05, 0) is 49.0 Å². The van der Waals surface area contributed by atoms with Crippen molar-refractivity contribution in [2.24, 2.45) is 0 Å². The fraction of sp³-hybridized carbons (Fsp3) is 0.100. The molecular weight excluding hydrogens is 394 g/mol. The van der Waals surface area contributed by atoms with Crippen LogP contribution in [-0.4, -0.2) is 25.5 Å². The van der Waals surface area contributed by atoms with Crippen molar-refractivity contribution >= 4 is 45.4 Å². The van der Waals surface area contributed by atoms with Gasteiger partial charge in [0, 0.05) is 30.0 Å². The van der Waals surface area contributed by atoms with Crippen LogP contribution >= 0.6 is 11.6 Å². The molecule has 2 N–H and O–H groups in total. The van der Waals surface area contributed by atoms with Gasteiger partial charge in [-0.15, -0.1) is 0 Å². The van der Waals surface area contributed by atoms with Crippen LogP contribution in [0.25, 0.3) is 10.9 Å². The highest BCUT2D eigenvalue weighted by Gasteiger charge is 2.20. The minimum Gasteiger partial charge on any atom is -0.587 e. The molecule has 142 valence electrons.